The molecule has 0 aromatic heterocycles. The van der Waals surface area contributed by atoms with Crippen LogP contribution in [0.3, 0.4) is 0 Å². The van der Waals surface area contributed by atoms with E-state index in [4.69, 9.17) is 11.6 Å². The summed E-state index contributed by atoms with van der Waals surface area (Å²) in [6, 6.07) is 0. The standard InChI is InChI=1S/C18H34ClNO/c1-6-18(7-2,12-19)13-20-16(21)14-8-10-15(11-9-14)17(3,4)5/h14-15H,6-13H2,1-5H3,(H,20,21). The molecule has 0 aromatic carbocycles. The summed E-state index contributed by atoms with van der Waals surface area (Å²) in [7, 11) is 0. The van der Waals surface area contributed by atoms with Crippen LogP contribution in [-0.4, -0.2) is 18.3 Å². The van der Waals surface area contributed by atoms with E-state index in [0.717, 1.165) is 38.1 Å². The van der Waals surface area contributed by atoms with Crippen LogP contribution in [0.2, 0.25) is 0 Å². The fraction of sp³-hybridized carbons (Fsp3) is 0.944. The van der Waals surface area contributed by atoms with Crippen molar-refractivity contribution in [3.63, 3.8) is 0 Å². The van der Waals surface area contributed by atoms with E-state index in [0.29, 0.717) is 11.3 Å². The Bertz CT molecular complexity index is 314. The number of carbonyl (C=O) groups is 1. The molecule has 1 amide bonds. The number of hydrogen-bond acceptors (Lipinski definition) is 1. The minimum absolute atomic E-state index is 0.0693. The maximum Gasteiger partial charge on any atom is 0.223 e. The summed E-state index contributed by atoms with van der Waals surface area (Å²) >= 11 is 6.11. The van der Waals surface area contributed by atoms with E-state index in [-0.39, 0.29) is 17.2 Å². The van der Waals surface area contributed by atoms with Crippen molar-refractivity contribution in [2.75, 3.05) is 12.4 Å². The van der Waals surface area contributed by atoms with Gasteiger partial charge in [-0.15, -0.1) is 11.6 Å². The molecule has 0 aliphatic heterocycles. The monoisotopic (exact) mass is 315 g/mol. The third-order valence-electron chi connectivity index (χ3n) is 5.74. The molecule has 2 nitrogen and oxygen atoms in total. The van der Waals surface area contributed by atoms with Crippen LogP contribution >= 0.6 is 11.6 Å². The summed E-state index contributed by atoms with van der Waals surface area (Å²) in [4.78, 5) is 12.4. The highest BCUT2D eigenvalue weighted by Gasteiger charge is 2.33. The van der Waals surface area contributed by atoms with Crippen LogP contribution in [0.5, 0.6) is 0 Å². The van der Waals surface area contributed by atoms with Crippen molar-refractivity contribution in [3.8, 4) is 0 Å². The third kappa shape index (κ3) is 5.16. The fourth-order valence-corrected chi connectivity index (χ4v) is 3.85. The Balaban J connectivity index is 2.44. The van der Waals surface area contributed by atoms with Gasteiger partial charge in [-0.1, -0.05) is 34.6 Å². The van der Waals surface area contributed by atoms with Crippen LogP contribution in [0.1, 0.15) is 73.1 Å². The Morgan fingerprint density at radius 1 is 1.10 bits per heavy atom. The molecule has 0 radical (unpaired) electrons. The second-order valence-electron chi connectivity index (χ2n) is 7.97. The largest absolute Gasteiger partial charge is 0.355 e. The normalized spacial score (nSPS) is 23.9. The highest BCUT2D eigenvalue weighted by atomic mass is 35.5. The molecule has 3 heteroatoms. The molecular formula is C18H34ClNO. The molecule has 1 aliphatic rings. The summed E-state index contributed by atoms with van der Waals surface area (Å²) in [6.45, 7) is 12.0. The zero-order valence-corrected chi connectivity index (χ0v) is 15.4. The highest BCUT2D eigenvalue weighted by molar-refractivity contribution is 6.18. The molecule has 21 heavy (non-hydrogen) atoms. The van der Waals surface area contributed by atoms with Crippen molar-refractivity contribution in [1.29, 1.82) is 0 Å². The molecule has 1 aliphatic carbocycles. The van der Waals surface area contributed by atoms with Crippen molar-refractivity contribution < 1.29 is 4.79 Å². The van der Waals surface area contributed by atoms with E-state index in [9.17, 15) is 4.79 Å². The van der Waals surface area contributed by atoms with Crippen molar-refractivity contribution in [3.05, 3.63) is 0 Å². The van der Waals surface area contributed by atoms with E-state index >= 15 is 0 Å². The topological polar surface area (TPSA) is 29.1 Å². The minimum atomic E-state index is 0.0693. The molecule has 0 heterocycles. The number of alkyl halides is 1. The number of amides is 1. The van der Waals surface area contributed by atoms with Crippen molar-refractivity contribution in [2.24, 2.45) is 22.7 Å². The quantitative estimate of drug-likeness (QED) is 0.687. The van der Waals surface area contributed by atoms with Gasteiger partial charge in [0.2, 0.25) is 5.91 Å². The molecule has 0 spiro atoms. The maximum atomic E-state index is 12.4. The van der Waals surface area contributed by atoms with Gasteiger partial charge in [0.25, 0.3) is 0 Å². The van der Waals surface area contributed by atoms with Gasteiger partial charge in [0.1, 0.15) is 0 Å². The summed E-state index contributed by atoms with van der Waals surface area (Å²) < 4.78 is 0. The van der Waals surface area contributed by atoms with E-state index in [1.165, 1.54) is 12.8 Å². The number of hydrogen-bond donors (Lipinski definition) is 1. The van der Waals surface area contributed by atoms with Gasteiger partial charge in [-0.25, -0.2) is 0 Å². The first-order valence-corrected chi connectivity index (χ1v) is 9.15. The van der Waals surface area contributed by atoms with Gasteiger partial charge in [0.05, 0.1) is 0 Å². The van der Waals surface area contributed by atoms with Gasteiger partial charge in [0, 0.05) is 23.8 Å². The smallest absolute Gasteiger partial charge is 0.223 e. The van der Waals surface area contributed by atoms with Gasteiger partial charge in [0.15, 0.2) is 0 Å². The van der Waals surface area contributed by atoms with E-state index in [1.54, 1.807) is 0 Å². The van der Waals surface area contributed by atoms with Crippen LogP contribution in [0.15, 0.2) is 0 Å². The SMILES string of the molecule is CCC(CC)(CCl)CNC(=O)C1CCC(C(C)(C)C)CC1. The number of rotatable bonds is 6. The number of carbonyl (C=O) groups excluding carboxylic acids is 1. The third-order valence-corrected chi connectivity index (χ3v) is 6.31. The molecule has 0 unspecified atom stereocenters. The molecule has 0 atom stereocenters. The molecule has 1 N–H and O–H groups in total. The van der Waals surface area contributed by atoms with Crippen molar-refractivity contribution in [1.82, 2.24) is 5.32 Å². The molecule has 0 bridgehead atoms. The fourth-order valence-electron chi connectivity index (χ4n) is 3.38. The first-order chi connectivity index (χ1) is 9.78. The minimum Gasteiger partial charge on any atom is -0.355 e. The van der Waals surface area contributed by atoms with Crippen LogP contribution in [0.4, 0.5) is 0 Å². The Labute approximate surface area is 136 Å². The lowest BCUT2D eigenvalue weighted by Gasteiger charge is -2.37. The molecule has 1 saturated carbocycles. The summed E-state index contributed by atoms with van der Waals surface area (Å²) in [5.74, 6) is 1.84. The molecular weight excluding hydrogens is 282 g/mol. The Kier molecular flexibility index (Phi) is 7.03. The summed E-state index contributed by atoms with van der Waals surface area (Å²) in [5.41, 5.74) is 0.444. The Morgan fingerprint density at radius 2 is 1.62 bits per heavy atom. The van der Waals surface area contributed by atoms with E-state index in [1.807, 2.05) is 0 Å². The zero-order valence-electron chi connectivity index (χ0n) is 14.6. The Morgan fingerprint density at radius 3 is 2.00 bits per heavy atom. The average Bonchev–Trinajstić information content (AvgIpc) is 2.48. The first kappa shape index (κ1) is 18.8. The van der Waals surface area contributed by atoms with Gasteiger partial charge < -0.3 is 5.32 Å². The molecule has 0 saturated heterocycles. The zero-order chi connectivity index (χ0) is 16.1. The maximum absolute atomic E-state index is 12.4. The Hall–Kier alpha value is -0.240. The summed E-state index contributed by atoms with van der Waals surface area (Å²) in [6.07, 6.45) is 6.49. The van der Waals surface area contributed by atoms with Gasteiger partial charge >= 0.3 is 0 Å². The molecule has 1 fully saturated rings. The van der Waals surface area contributed by atoms with Gasteiger partial charge in [-0.05, 0) is 49.9 Å². The van der Waals surface area contributed by atoms with E-state index in [2.05, 4.69) is 39.9 Å². The predicted octanol–water partition coefficient (Wildman–Crippen LogP) is 5.00. The number of nitrogens with one attached hydrogen (secondary N) is 1. The second-order valence-corrected chi connectivity index (χ2v) is 8.24. The van der Waals surface area contributed by atoms with Crippen LogP contribution in [0.25, 0.3) is 0 Å². The predicted molar refractivity (Wildman–Crippen MR) is 91.6 cm³/mol. The lowest BCUT2D eigenvalue weighted by atomic mass is 9.69. The number of halogens is 1. The van der Waals surface area contributed by atoms with Crippen molar-refractivity contribution >= 4 is 17.5 Å². The second kappa shape index (κ2) is 7.85. The molecule has 0 aromatic rings. The van der Waals surface area contributed by atoms with Gasteiger partial charge in [-0.2, -0.15) is 0 Å². The first-order valence-electron chi connectivity index (χ1n) is 8.61. The van der Waals surface area contributed by atoms with Crippen molar-refractivity contribution in [2.45, 2.75) is 73.1 Å². The molecule has 1 rings (SSSR count). The van der Waals surface area contributed by atoms with E-state index < -0.39 is 0 Å². The van der Waals surface area contributed by atoms with Crippen LogP contribution < -0.4 is 5.32 Å². The lowest BCUT2D eigenvalue weighted by Crippen LogP contribution is -2.42. The lowest BCUT2D eigenvalue weighted by molar-refractivity contribution is -0.127. The van der Waals surface area contributed by atoms with Crippen LogP contribution in [0, 0.1) is 22.7 Å². The highest BCUT2D eigenvalue weighted by Crippen LogP contribution is 2.39. The average molecular weight is 316 g/mol. The summed E-state index contributed by atoms with van der Waals surface area (Å²) in [5, 5.41) is 3.18. The van der Waals surface area contributed by atoms with Crippen LogP contribution in [-0.2, 0) is 4.79 Å². The van der Waals surface area contributed by atoms with Gasteiger partial charge in [-0.3, -0.25) is 4.79 Å². The molecule has 124 valence electrons.